The van der Waals surface area contributed by atoms with Crippen molar-refractivity contribution in [1.29, 1.82) is 0 Å². The van der Waals surface area contributed by atoms with Crippen molar-refractivity contribution < 1.29 is 8.83 Å². The van der Waals surface area contributed by atoms with Gasteiger partial charge in [-0.2, -0.15) is 0 Å². The summed E-state index contributed by atoms with van der Waals surface area (Å²) in [4.78, 5) is 2.60. The van der Waals surface area contributed by atoms with E-state index in [0.29, 0.717) is 0 Å². The Morgan fingerprint density at radius 2 is 1.18 bits per heavy atom. The molecular weight excluding hydrogens is 776 g/mol. The van der Waals surface area contributed by atoms with Crippen molar-refractivity contribution in [2.45, 2.75) is 78.6 Å². The van der Waals surface area contributed by atoms with Crippen molar-refractivity contribution in [2.75, 3.05) is 4.81 Å². The maximum Gasteiger partial charge on any atom is 0.375 e. The van der Waals surface area contributed by atoms with E-state index in [1.54, 1.807) is 0 Å². The van der Waals surface area contributed by atoms with Gasteiger partial charge in [0, 0.05) is 64.0 Å². The van der Waals surface area contributed by atoms with E-state index in [1.807, 2.05) is 11.3 Å². The standard InChI is InChI=1S/C56H47BN2O2S/c1-54(2,3)30-18-22-33(23-19-30)59-41-28-36-34-14-10-12-16-42(34)60-44(36)29-38(41)46-47-35-15-11-13-17-45(35)62-52(47)48-37-26-31(55(4,5)6)20-24-40(37)58-50-39-27-32(56(7,8)9)21-25-43(39)61-53(50)57(59)49(46)51(48)58/h10-29H,1-9H3. The molecule has 0 saturated heterocycles. The van der Waals surface area contributed by atoms with Gasteiger partial charge in [0.1, 0.15) is 22.4 Å². The van der Waals surface area contributed by atoms with E-state index in [2.05, 4.69) is 193 Å². The molecule has 0 amide bonds. The van der Waals surface area contributed by atoms with Crippen LogP contribution < -0.4 is 15.9 Å². The minimum absolute atomic E-state index is 0.0128. The highest BCUT2D eigenvalue weighted by molar-refractivity contribution is 7.27. The van der Waals surface area contributed by atoms with Crippen molar-refractivity contribution in [3.8, 4) is 16.8 Å². The van der Waals surface area contributed by atoms with Gasteiger partial charge in [0.15, 0.2) is 0 Å². The third-order valence-corrected chi connectivity index (χ3v) is 15.2. The lowest BCUT2D eigenvalue weighted by Gasteiger charge is -2.40. The Balaban J connectivity index is 1.29. The molecule has 0 radical (unpaired) electrons. The Labute approximate surface area is 365 Å². The summed E-state index contributed by atoms with van der Waals surface area (Å²) in [5, 5.41) is 8.61. The van der Waals surface area contributed by atoms with Crippen LogP contribution in [0.4, 0.5) is 11.4 Å². The lowest BCUT2D eigenvalue weighted by molar-refractivity contribution is 0.590. The molecule has 6 heterocycles. The van der Waals surface area contributed by atoms with E-state index < -0.39 is 0 Å². The van der Waals surface area contributed by atoms with E-state index in [1.165, 1.54) is 75.3 Å². The number of benzene rings is 7. The van der Waals surface area contributed by atoms with E-state index in [4.69, 9.17) is 8.83 Å². The molecule has 302 valence electrons. The van der Waals surface area contributed by atoms with E-state index >= 15 is 0 Å². The molecule has 6 heteroatoms. The van der Waals surface area contributed by atoms with Crippen LogP contribution >= 0.6 is 11.3 Å². The van der Waals surface area contributed by atoms with Crippen LogP contribution in [0.5, 0.6) is 0 Å². The Hall–Kier alpha value is -6.24. The zero-order chi connectivity index (χ0) is 42.4. The number of hydrogen-bond donors (Lipinski definition) is 0. The zero-order valence-corrected chi connectivity index (χ0v) is 37.6. The molecule has 62 heavy (non-hydrogen) atoms. The Morgan fingerprint density at radius 1 is 0.532 bits per heavy atom. The highest BCUT2D eigenvalue weighted by atomic mass is 32.1. The quantitative estimate of drug-likeness (QED) is 0.155. The number of hydrogen-bond acceptors (Lipinski definition) is 4. The number of anilines is 2. The van der Waals surface area contributed by atoms with Gasteiger partial charge in [-0.25, -0.2) is 0 Å². The second-order valence-corrected chi connectivity index (χ2v) is 22.0. The van der Waals surface area contributed by atoms with Gasteiger partial charge in [-0.15, -0.1) is 11.3 Å². The predicted molar refractivity (Wildman–Crippen MR) is 266 cm³/mol. The fourth-order valence-electron chi connectivity index (χ4n) is 10.8. The molecule has 0 aliphatic carbocycles. The van der Waals surface area contributed by atoms with Crippen LogP contribution in [-0.2, 0) is 16.2 Å². The van der Waals surface area contributed by atoms with Gasteiger partial charge >= 0.3 is 6.85 Å². The summed E-state index contributed by atoms with van der Waals surface area (Å²) >= 11 is 1.93. The van der Waals surface area contributed by atoms with E-state index in [0.717, 1.165) is 55.6 Å². The molecular formula is C56H47BN2O2S. The lowest BCUT2D eigenvalue weighted by atomic mass is 9.46. The van der Waals surface area contributed by atoms with Crippen LogP contribution in [0.2, 0.25) is 0 Å². The normalized spacial score (nSPS) is 14.1. The number of rotatable bonds is 1. The molecule has 0 saturated carbocycles. The van der Waals surface area contributed by atoms with Gasteiger partial charge in [0.25, 0.3) is 0 Å². The maximum atomic E-state index is 7.42. The molecule has 0 N–H and O–H groups in total. The number of aromatic nitrogens is 1. The van der Waals surface area contributed by atoms with Crippen LogP contribution in [-0.4, -0.2) is 11.4 Å². The summed E-state index contributed by atoms with van der Waals surface area (Å²) in [6.07, 6.45) is 0. The van der Waals surface area contributed by atoms with Crippen LogP contribution in [0.25, 0.3) is 91.7 Å². The first-order chi connectivity index (χ1) is 29.6. The molecule has 0 spiro atoms. The number of fused-ring (bicyclic) bond motifs is 18. The smallest absolute Gasteiger partial charge is 0.375 e. The minimum atomic E-state index is -0.265. The molecule has 0 unspecified atom stereocenters. The summed E-state index contributed by atoms with van der Waals surface area (Å²) in [5.74, 6) is 0. The molecule has 2 aliphatic heterocycles. The van der Waals surface area contributed by atoms with Crippen molar-refractivity contribution in [3.05, 3.63) is 138 Å². The lowest BCUT2D eigenvalue weighted by Crippen LogP contribution is -2.60. The summed E-state index contributed by atoms with van der Waals surface area (Å²) in [7, 11) is 0. The summed E-state index contributed by atoms with van der Waals surface area (Å²) in [6, 6.07) is 45.7. The van der Waals surface area contributed by atoms with Crippen LogP contribution in [0.15, 0.2) is 130 Å². The minimum Gasteiger partial charge on any atom is -0.466 e. The van der Waals surface area contributed by atoms with Crippen LogP contribution in [0, 0.1) is 0 Å². The van der Waals surface area contributed by atoms with Crippen molar-refractivity contribution in [3.63, 3.8) is 0 Å². The average molecular weight is 823 g/mol. The van der Waals surface area contributed by atoms with Crippen molar-refractivity contribution >= 4 is 116 Å². The van der Waals surface area contributed by atoms with Crippen LogP contribution in [0.3, 0.4) is 0 Å². The van der Waals surface area contributed by atoms with Gasteiger partial charge < -0.3 is 18.2 Å². The molecule has 7 aromatic carbocycles. The van der Waals surface area contributed by atoms with Gasteiger partial charge in [-0.05, 0) is 105 Å². The molecule has 2 aliphatic rings. The fraction of sp³-hybridized carbons (Fsp3) is 0.214. The third-order valence-electron chi connectivity index (χ3n) is 14.0. The molecule has 0 bridgehead atoms. The van der Waals surface area contributed by atoms with Gasteiger partial charge in [0.05, 0.1) is 16.7 Å². The molecule has 13 rings (SSSR count). The maximum absolute atomic E-state index is 7.42. The Bertz CT molecular complexity index is 3760. The number of nitrogens with zero attached hydrogens (tertiary/aromatic N) is 2. The summed E-state index contributed by atoms with van der Waals surface area (Å²) < 4.78 is 19.4. The van der Waals surface area contributed by atoms with E-state index in [-0.39, 0.29) is 23.1 Å². The monoisotopic (exact) mass is 822 g/mol. The number of para-hydroxylation sites is 1. The number of furan rings is 2. The third kappa shape index (κ3) is 4.74. The second kappa shape index (κ2) is 11.8. The van der Waals surface area contributed by atoms with Gasteiger partial charge in [-0.3, -0.25) is 0 Å². The first kappa shape index (κ1) is 36.4. The topological polar surface area (TPSA) is 34.5 Å². The van der Waals surface area contributed by atoms with Crippen LogP contribution in [0.1, 0.15) is 79.0 Å². The summed E-state index contributed by atoms with van der Waals surface area (Å²) in [5.41, 5.74) is 17.2. The summed E-state index contributed by atoms with van der Waals surface area (Å²) in [6.45, 7) is 20.5. The molecule has 11 aromatic rings. The zero-order valence-electron chi connectivity index (χ0n) is 36.7. The first-order valence-electron chi connectivity index (χ1n) is 22.0. The molecule has 4 aromatic heterocycles. The Kier molecular flexibility index (Phi) is 6.94. The second-order valence-electron chi connectivity index (χ2n) is 20.9. The SMILES string of the molecule is CC(C)(C)c1ccc(N2B3c4oc5ccc(C(C)(C)C)cc5c4-n4c5ccc(C(C)(C)C)cc5c5c6sc7ccccc7c6c(c3c54)-c3cc4oc5ccccc5c4cc32)cc1. The largest absolute Gasteiger partial charge is 0.466 e. The number of thiophene rings is 1. The predicted octanol–water partition coefficient (Wildman–Crippen LogP) is 14.9. The fourth-order valence-corrected chi connectivity index (χ4v) is 12.1. The molecule has 0 atom stereocenters. The van der Waals surface area contributed by atoms with Crippen molar-refractivity contribution in [2.24, 2.45) is 0 Å². The van der Waals surface area contributed by atoms with Crippen molar-refractivity contribution in [1.82, 2.24) is 4.57 Å². The molecule has 4 nitrogen and oxygen atoms in total. The van der Waals surface area contributed by atoms with Gasteiger partial charge in [-0.1, -0.05) is 123 Å². The first-order valence-corrected chi connectivity index (χ1v) is 22.9. The van der Waals surface area contributed by atoms with E-state index in [9.17, 15) is 0 Å². The highest BCUT2D eigenvalue weighted by Gasteiger charge is 2.49. The average Bonchev–Trinajstić information content (AvgIpc) is 4.00. The van der Waals surface area contributed by atoms with Gasteiger partial charge in [0.2, 0.25) is 0 Å². The highest BCUT2D eigenvalue weighted by Crippen LogP contribution is 2.54. The molecule has 0 fully saturated rings. The Morgan fingerprint density at radius 3 is 1.92 bits per heavy atom.